The van der Waals surface area contributed by atoms with Crippen molar-refractivity contribution >= 4 is 17.0 Å². The van der Waals surface area contributed by atoms with Gasteiger partial charge in [0, 0.05) is 36.2 Å². The Bertz CT molecular complexity index is 512. The second-order valence-electron chi connectivity index (χ2n) is 5.48. The molecule has 2 nitrogen and oxygen atoms in total. The first-order valence-corrected chi connectivity index (χ1v) is 8.31. The predicted molar refractivity (Wildman–Crippen MR) is 87.5 cm³/mol. The van der Waals surface area contributed by atoms with Crippen LogP contribution in [0.1, 0.15) is 36.2 Å². The molecule has 106 valence electrons. The third-order valence-electron chi connectivity index (χ3n) is 3.99. The van der Waals surface area contributed by atoms with Crippen molar-refractivity contribution in [3.63, 3.8) is 0 Å². The molecule has 3 heteroatoms. The molecule has 20 heavy (non-hydrogen) atoms. The van der Waals surface area contributed by atoms with Gasteiger partial charge in [-0.05, 0) is 48.9 Å². The molecule has 2 aromatic rings. The van der Waals surface area contributed by atoms with Crippen molar-refractivity contribution in [3.05, 3.63) is 52.2 Å². The molecule has 0 amide bonds. The van der Waals surface area contributed by atoms with Crippen molar-refractivity contribution in [2.75, 3.05) is 18.0 Å². The number of thiophene rings is 1. The second kappa shape index (κ2) is 6.42. The summed E-state index contributed by atoms with van der Waals surface area (Å²) in [6.07, 6.45) is 2.67. The molecule has 2 heterocycles. The average Bonchev–Trinajstić information content (AvgIpc) is 3.18. The lowest BCUT2D eigenvalue weighted by Gasteiger charge is -2.18. The van der Waals surface area contributed by atoms with Crippen LogP contribution in [-0.2, 0) is 6.54 Å². The Morgan fingerprint density at radius 3 is 2.55 bits per heavy atom. The van der Waals surface area contributed by atoms with Gasteiger partial charge in [0.25, 0.3) is 0 Å². The molecule has 0 bridgehead atoms. The highest BCUT2D eigenvalue weighted by Gasteiger charge is 2.12. The molecule has 1 saturated heterocycles. The van der Waals surface area contributed by atoms with Gasteiger partial charge in [-0.2, -0.15) is 0 Å². The van der Waals surface area contributed by atoms with Crippen LogP contribution in [0.4, 0.5) is 5.69 Å². The summed E-state index contributed by atoms with van der Waals surface area (Å²) < 4.78 is 0. The van der Waals surface area contributed by atoms with E-state index in [4.69, 9.17) is 0 Å². The third-order valence-corrected chi connectivity index (χ3v) is 5.04. The lowest BCUT2D eigenvalue weighted by atomic mass is 10.2. The first kappa shape index (κ1) is 13.7. The number of nitrogens with zero attached hydrogens (tertiary/aromatic N) is 1. The van der Waals surface area contributed by atoms with Crippen LogP contribution in [0.5, 0.6) is 0 Å². The Hall–Kier alpha value is -1.32. The largest absolute Gasteiger partial charge is 0.372 e. The minimum atomic E-state index is 0.424. The van der Waals surface area contributed by atoms with Gasteiger partial charge in [0.2, 0.25) is 0 Å². The second-order valence-corrected chi connectivity index (χ2v) is 6.46. The normalized spacial score (nSPS) is 16.6. The summed E-state index contributed by atoms with van der Waals surface area (Å²) >= 11 is 1.82. The molecule has 0 aliphatic carbocycles. The van der Waals surface area contributed by atoms with Crippen molar-refractivity contribution in [2.24, 2.45) is 0 Å². The van der Waals surface area contributed by atoms with Crippen molar-refractivity contribution in [3.8, 4) is 0 Å². The van der Waals surface area contributed by atoms with E-state index < -0.39 is 0 Å². The highest BCUT2D eigenvalue weighted by molar-refractivity contribution is 7.10. The van der Waals surface area contributed by atoms with E-state index in [9.17, 15) is 0 Å². The lowest BCUT2D eigenvalue weighted by Crippen LogP contribution is -2.18. The van der Waals surface area contributed by atoms with Crippen LogP contribution in [0.3, 0.4) is 0 Å². The van der Waals surface area contributed by atoms with Gasteiger partial charge in [-0.1, -0.05) is 18.2 Å². The maximum Gasteiger partial charge on any atom is 0.0388 e. The van der Waals surface area contributed by atoms with Gasteiger partial charge in [-0.15, -0.1) is 11.3 Å². The number of anilines is 1. The van der Waals surface area contributed by atoms with Crippen molar-refractivity contribution in [2.45, 2.75) is 32.4 Å². The SMILES string of the molecule is C[C@H](NCc1ccc(N2CCCC2)cc1)c1cccs1. The highest BCUT2D eigenvalue weighted by atomic mass is 32.1. The lowest BCUT2D eigenvalue weighted by molar-refractivity contribution is 0.583. The van der Waals surface area contributed by atoms with Crippen molar-refractivity contribution in [1.29, 1.82) is 0 Å². The van der Waals surface area contributed by atoms with Gasteiger partial charge in [0.1, 0.15) is 0 Å². The summed E-state index contributed by atoms with van der Waals surface area (Å²) in [5.41, 5.74) is 2.73. The van der Waals surface area contributed by atoms with Crippen LogP contribution >= 0.6 is 11.3 Å². The standard InChI is InChI=1S/C17H22N2S/c1-14(17-5-4-12-20-17)18-13-15-6-8-16(9-7-15)19-10-2-3-11-19/h4-9,12,14,18H,2-3,10-11,13H2,1H3/t14-/m0/s1. The van der Waals surface area contributed by atoms with E-state index in [2.05, 4.69) is 58.9 Å². The maximum absolute atomic E-state index is 3.59. The van der Waals surface area contributed by atoms with Crippen LogP contribution in [-0.4, -0.2) is 13.1 Å². The van der Waals surface area contributed by atoms with Gasteiger partial charge >= 0.3 is 0 Å². The number of hydrogen-bond donors (Lipinski definition) is 1. The molecule has 0 radical (unpaired) electrons. The maximum atomic E-state index is 3.59. The van der Waals surface area contributed by atoms with Crippen LogP contribution in [0, 0.1) is 0 Å². The van der Waals surface area contributed by atoms with Gasteiger partial charge in [-0.3, -0.25) is 0 Å². The zero-order valence-corrected chi connectivity index (χ0v) is 12.8. The van der Waals surface area contributed by atoms with Crippen molar-refractivity contribution in [1.82, 2.24) is 5.32 Å². The third kappa shape index (κ3) is 3.22. The van der Waals surface area contributed by atoms with E-state index in [0.717, 1.165) is 6.54 Å². The summed E-state index contributed by atoms with van der Waals surface area (Å²) in [5, 5.41) is 5.72. The highest BCUT2D eigenvalue weighted by Crippen LogP contribution is 2.21. The first-order chi connectivity index (χ1) is 9.83. The quantitative estimate of drug-likeness (QED) is 0.886. The summed E-state index contributed by atoms with van der Waals surface area (Å²) in [6, 6.07) is 13.8. The van der Waals surface area contributed by atoms with Crippen LogP contribution in [0.25, 0.3) is 0 Å². The Morgan fingerprint density at radius 1 is 1.15 bits per heavy atom. The smallest absolute Gasteiger partial charge is 0.0388 e. The summed E-state index contributed by atoms with van der Waals surface area (Å²) in [4.78, 5) is 3.88. The summed E-state index contributed by atoms with van der Waals surface area (Å²) in [7, 11) is 0. The Balaban J connectivity index is 1.55. The number of benzene rings is 1. The van der Waals surface area contributed by atoms with E-state index in [0.29, 0.717) is 6.04 Å². The fraction of sp³-hybridized carbons (Fsp3) is 0.412. The minimum absolute atomic E-state index is 0.424. The average molecular weight is 286 g/mol. The Kier molecular flexibility index (Phi) is 4.38. The van der Waals surface area contributed by atoms with Crippen LogP contribution < -0.4 is 10.2 Å². The van der Waals surface area contributed by atoms with Gasteiger partial charge in [-0.25, -0.2) is 0 Å². The van der Waals surface area contributed by atoms with Gasteiger partial charge < -0.3 is 10.2 Å². The Labute approximate surface area is 125 Å². The summed E-state index contributed by atoms with van der Waals surface area (Å²) in [6.45, 7) is 5.59. The molecule has 3 rings (SSSR count). The molecule has 0 unspecified atom stereocenters. The zero-order valence-electron chi connectivity index (χ0n) is 12.0. The van der Waals surface area contributed by atoms with E-state index in [1.54, 1.807) is 0 Å². The van der Waals surface area contributed by atoms with Crippen molar-refractivity contribution < 1.29 is 0 Å². The molecule has 1 aliphatic rings. The number of nitrogens with one attached hydrogen (secondary N) is 1. The first-order valence-electron chi connectivity index (χ1n) is 7.43. The van der Waals surface area contributed by atoms with Gasteiger partial charge in [0.15, 0.2) is 0 Å². The topological polar surface area (TPSA) is 15.3 Å². The molecule has 1 fully saturated rings. The zero-order chi connectivity index (χ0) is 13.8. The number of hydrogen-bond acceptors (Lipinski definition) is 3. The Morgan fingerprint density at radius 2 is 1.90 bits per heavy atom. The molecular weight excluding hydrogens is 264 g/mol. The van der Waals surface area contributed by atoms with Crippen LogP contribution in [0.15, 0.2) is 41.8 Å². The van der Waals surface area contributed by atoms with E-state index >= 15 is 0 Å². The van der Waals surface area contributed by atoms with E-state index in [1.165, 1.54) is 42.1 Å². The fourth-order valence-corrected chi connectivity index (χ4v) is 3.47. The van der Waals surface area contributed by atoms with E-state index in [1.807, 2.05) is 11.3 Å². The van der Waals surface area contributed by atoms with E-state index in [-0.39, 0.29) is 0 Å². The molecule has 1 aliphatic heterocycles. The number of rotatable bonds is 5. The molecule has 0 spiro atoms. The molecule has 1 aromatic heterocycles. The fourth-order valence-electron chi connectivity index (χ4n) is 2.71. The molecule has 0 saturated carbocycles. The molecule has 1 aromatic carbocycles. The van der Waals surface area contributed by atoms with Gasteiger partial charge in [0.05, 0.1) is 0 Å². The minimum Gasteiger partial charge on any atom is -0.372 e. The molecular formula is C17H22N2S. The predicted octanol–water partition coefficient (Wildman–Crippen LogP) is 4.20. The molecule has 1 N–H and O–H groups in total. The summed E-state index contributed by atoms with van der Waals surface area (Å²) in [5.74, 6) is 0. The molecule has 1 atom stereocenters. The monoisotopic (exact) mass is 286 g/mol. The van der Waals surface area contributed by atoms with Crippen LogP contribution in [0.2, 0.25) is 0 Å².